The highest BCUT2D eigenvalue weighted by Gasteiger charge is 1.93. The Labute approximate surface area is 109 Å². The second-order valence-corrected chi connectivity index (χ2v) is 1.39. The molecule has 0 atom stereocenters. The number of rotatable bonds is 0. The molecule has 0 rings (SSSR count). The van der Waals surface area contributed by atoms with E-state index in [1.54, 1.807) is 0 Å². The van der Waals surface area contributed by atoms with E-state index in [0.29, 0.717) is 0 Å². The topological polar surface area (TPSA) is 348 Å². The van der Waals surface area contributed by atoms with Crippen LogP contribution in [0.4, 0.5) is 0 Å². The molecule has 0 aliphatic rings. The lowest BCUT2D eigenvalue weighted by atomic mass is 10.3. The highest BCUT2D eigenvalue weighted by atomic mass is 16.5. The van der Waals surface area contributed by atoms with Gasteiger partial charge in [0.2, 0.25) is 0 Å². The molecule has 0 amide bonds. The Bertz CT molecular complexity index is 68.0. The SMILES string of the molecule is N.N.N.OB(O)O.OB(O)O.OB(O)O.OB(O)O. The summed E-state index contributed by atoms with van der Waals surface area (Å²) >= 11 is 0. The highest BCUT2D eigenvalue weighted by molar-refractivity contribution is 6.31. The predicted octanol–water partition coefficient (Wildman–Crippen LogP) is -7.72. The van der Waals surface area contributed by atoms with Crippen molar-refractivity contribution in [2.45, 2.75) is 0 Å². The van der Waals surface area contributed by atoms with Crippen molar-refractivity contribution in [3.05, 3.63) is 0 Å². The van der Waals surface area contributed by atoms with Crippen molar-refractivity contribution in [2.75, 3.05) is 0 Å². The predicted molar refractivity (Wildman–Crippen MR) is 64.7 cm³/mol. The maximum absolute atomic E-state index is 7.17. The average Bonchev–Trinajstić information content (AvgIpc) is 1.76. The summed E-state index contributed by atoms with van der Waals surface area (Å²) in [6.07, 6.45) is 0. The third-order valence-electron chi connectivity index (χ3n) is 0. The lowest BCUT2D eigenvalue weighted by Gasteiger charge is -1.69. The fourth-order valence-electron chi connectivity index (χ4n) is 0. The van der Waals surface area contributed by atoms with Crippen LogP contribution in [0.15, 0.2) is 0 Å². The summed E-state index contributed by atoms with van der Waals surface area (Å²) in [5, 5.41) is 86.0. The van der Waals surface area contributed by atoms with Crippen LogP contribution in [0.3, 0.4) is 0 Å². The Morgan fingerprint density at radius 3 is 0.263 bits per heavy atom. The average molecular weight is 298 g/mol. The first kappa shape index (κ1) is 42.8. The van der Waals surface area contributed by atoms with Crippen molar-refractivity contribution in [3.8, 4) is 0 Å². The molecule has 0 unspecified atom stereocenters. The molecule has 0 heterocycles. The van der Waals surface area contributed by atoms with E-state index in [1.165, 1.54) is 0 Å². The Hall–Kier alpha value is -0.340. The molecule has 0 aliphatic carbocycles. The first-order valence-corrected chi connectivity index (χ1v) is 3.10. The summed E-state index contributed by atoms with van der Waals surface area (Å²) in [4.78, 5) is 0. The monoisotopic (exact) mass is 299 g/mol. The minimum absolute atomic E-state index is 0. The Morgan fingerprint density at radius 2 is 0.263 bits per heavy atom. The van der Waals surface area contributed by atoms with Crippen molar-refractivity contribution in [3.63, 3.8) is 0 Å². The van der Waals surface area contributed by atoms with Crippen LogP contribution in [0.25, 0.3) is 0 Å². The number of hydrogen-bond acceptors (Lipinski definition) is 15. The quantitative estimate of drug-likeness (QED) is 0.184. The van der Waals surface area contributed by atoms with Crippen LogP contribution < -0.4 is 18.5 Å². The molecule has 0 saturated carbocycles. The lowest BCUT2D eigenvalue weighted by Crippen LogP contribution is -2.07. The molecular formula is H21B4N3O12. The zero-order valence-electron chi connectivity index (χ0n) is 9.80. The second kappa shape index (κ2) is 36.1. The molecule has 0 aromatic rings. The molecule has 0 saturated heterocycles. The molecule has 19 heavy (non-hydrogen) atoms. The standard InChI is InChI=1S/4BH3O3.3H3N/c4*2-1(3)4;;;/h4*2-4H;3*1H3. The van der Waals surface area contributed by atoms with Gasteiger partial charge in [0, 0.05) is 0 Å². The van der Waals surface area contributed by atoms with E-state index in [-0.39, 0.29) is 18.5 Å². The highest BCUT2D eigenvalue weighted by Crippen LogP contribution is 1.41. The van der Waals surface area contributed by atoms with Gasteiger partial charge in [0.05, 0.1) is 0 Å². The van der Waals surface area contributed by atoms with Crippen LogP contribution >= 0.6 is 0 Å². The van der Waals surface area contributed by atoms with Crippen molar-refractivity contribution >= 4 is 29.3 Å². The zero-order valence-corrected chi connectivity index (χ0v) is 9.80. The molecule has 0 bridgehead atoms. The van der Waals surface area contributed by atoms with Crippen LogP contribution in [0, 0.1) is 0 Å². The third-order valence-corrected chi connectivity index (χ3v) is 0. The summed E-state index contributed by atoms with van der Waals surface area (Å²) in [7, 11) is -8.67. The Balaban J connectivity index is -0.0000000192. The Kier molecular flexibility index (Phi) is 81.2. The van der Waals surface area contributed by atoms with Gasteiger partial charge < -0.3 is 78.7 Å². The maximum Gasteiger partial charge on any atom is 0.631 e. The largest absolute Gasteiger partial charge is 0.631 e. The Morgan fingerprint density at radius 1 is 0.263 bits per heavy atom. The normalized spacial score (nSPS) is 5.68. The van der Waals surface area contributed by atoms with Crippen LogP contribution in [0.1, 0.15) is 0 Å². The molecule has 0 radical (unpaired) electrons. The molecule has 0 aliphatic heterocycles. The van der Waals surface area contributed by atoms with Gasteiger partial charge in [-0.15, -0.1) is 0 Å². The summed E-state index contributed by atoms with van der Waals surface area (Å²) in [5.74, 6) is 0. The molecule has 120 valence electrons. The van der Waals surface area contributed by atoms with Gasteiger partial charge in [0.15, 0.2) is 0 Å². The van der Waals surface area contributed by atoms with E-state index in [4.69, 9.17) is 60.3 Å². The molecule has 21 N–H and O–H groups in total. The smallest absolute Gasteiger partial charge is 0.402 e. The molecular weight excluding hydrogens is 277 g/mol. The fourth-order valence-corrected chi connectivity index (χ4v) is 0. The zero-order chi connectivity index (χ0) is 14.3. The summed E-state index contributed by atoms with van der Waals surface area (Å²) < 4.78 is 0. The van der Waals surface area contributed by atoms with Gasteiger partial charge in [-0.2, -0.15) is 0 Å². The van der Waals surface area contributed by atoms with Crippen LogP contribution in [0.2, 0.25) is 0 Å². The summed E-state index contributed by atoms with van der Waals surface area (Å²) in [6.45, 7) is 0. The molecule has 0 aromatic heterocycles. The molecule has 0 spiro atoms. The minimum atomic E-state index is -2.17. The fraction of sp³-hybridized carbons (Fsp3) is 0. The lowest BCUT2D eigenvalue weighted by molar-refractivity contribution is 0.276. The van der Waals surface area contributed by atoms with Gasteiger partial charge in [-0.05, 0) is 0 Å². The minimum Gasteiger partial charge on any atom is -0.402 e. The van der Waals surface area contributed by atoms with E-state index in [0.717, 1.165) is 0 Å². The van der Waals surface area contributed by atoms with Gasteiger partial charge in [0.25, 0.3) is 0 Å². The molecule has 15 nitrogen and oxygen atoms in total. The van der Waals surface area contributed by atoms with E-state index in [9.17, 15) is 0 Å². The maximum atomic E-state index is 7.17. The van der Waals surface area contributed by atoms with E-state index < -0.39 is 29.3 Å². The summed E-state index contributed by atoms with van der Waals surface area (Å²) in [6, 6.07) is 0. The first-order valence-electron chi connectivity index (χ1n) is 3.10. The third kappa shape index (κ3) is 37400. The molecule has 19 heteroatoms. The van der Waals surface area contributed by atoms with Crippen molar-refractivity contribution in [1.82, 2.24) is 18.5 Å². The summed E-state index contributed by atoms with van der Waals surface area (Å²) in [5.41, 5.74) is 0. The van der Waals surface area contributed by atoms with Gasteiger partial charge in [0.1, 0.15) is 0 Å². The molecule has 0 fully saturated rings. The van der Waals surface area contributed by atoms with Crippen LogP contribution in [-0.4, -0.2) is 89.6 Å². The number of hydrogen-bond donors (Lipinski definition) is 15. The van der Waals surface area contributed by atoms with E-state index in [2.05, 4.69) is 0 Å². The van der Waals surface area contributed by atoms with E-state index >= 15 is 0 Å². The molecule has 0 aromatic carbocycles. The van der Waals surface area contributed by atoms with E-state index in [1.807, 2.05) is 0 Å². The van der Waals surface area contributed by atoms with Crippen molar-refractivity contribution in [2.24, 2.45) is 0 Å². The second-order valence-electron chi connectivity index (χ2n) is 1.39. The van der Waals surface area contributed by atoms with Gasteiger partial charge in [-0.1, -0.05) is 0 Å². The van der Waals surface area contributed by atoms with Gasteiger partial charge >= 0.3 is 29.3 Å². The van der Waals surface area contributed by atoms with Crippen LogP contribution in [-0.2, 0) is 0 Å². The van der Waals surface area contributed by atoms with Crippen molar-refractivity contribution < 1.29 is 60.3 Å². The van der Waals surface area contributed by atoms with Crippen molar-refractivity contribution in [1.29, 1.82) is 0 Å². The van der Waals surface area contributed by atoms with Gasteiger partial charge in [-0.3, -0.25) is 0 Å². The first-order chi connectivity index (χ1) is 6.93. The van der Waals surface area contributed by atoms with Gasteiger partial charge in [-0.25, -0.2) is 0 Å². The van der Waals surface area contributed by atoms with Crippen LogP contribution in [0.5, 0.6) is 0 Å².